The minimum atomic E-state index is -0.510. The number of likely N-dealkylation sites (tertiary alicyclic amines) is 1. The van der Waals surface area contributed by atoms with Crippen molar-refractivity contribution in [2.45, 2.75) is 46.6 Å². The number of aromatic nitrogens is 2. The first kappa shape index (κ1) is 19.0. The maximum atomic E-state index is 13.0. The average Bonchev–Trinajstić information content (AvgIpc) is 3.21. The first-order valence-electron chi connectivity index (χ1n) is 10.1. The third-order valence-electron chi connectivity index (χ3n) is 6.80. The van der Waals surface area contributed by atoms with Crippen molar-refractivity contribution in [2.75, 3.05) is 20.2 Å². The van der Waals surface area contributed by atoms with Gasteiger partial charge in [0.15, 0.2) is 0 Å². The van der Waals surface area contributed by atoms with E-state index in [0.29, 0.717) is 26.1 Å². The summed E-state index contributed by atoms with van der Waals surface area (Å²) in [6.45, 7) is 8.18. The lowest BCUT2D eigenvalue weighted by molar-refractivity contribution is -0.174. The van der Waals surface area contributed by atoms with Gasteiger partial charge in [-0.25, -0.2) is 4.98 Å². The van der Waals surface area contributed by atoms with Crippen molar-refractivity contribution in [1.82, 2.24) is 14.5 Å². The summed E-state index contributed by atoms with van der Waals surface area (Å²) in [6.07, 6.45) is 2.03. The van der Waals surface area contributed by atoms with Gasteiger partial charge in [-0.1, -0.05) is 32.9 Å². The number of para-hydroxylation sites is 2. The molecule has 2 aliphatic rings. The molecule has 1 saturated heterocycles. The van der Waals surface area contributed by atoms with Gasteiger partial charge in [0.1, 0.15) is 5.82 Å². The van der Waals surface area contributed by atoms with Gasteiger partial charge in [0.25, 0.3) is 0 Å². The highest BCUT2D eigenvalue weighted by Crippen LogP contribution is 2.63. The number of esters is 1. The fourth-order valence-electron chi connectivity index (χ4n) is 5.57. The lowest BCUT2D eigenvalue weighted by Gasteiger charge is -2.54. The van der Waals surface area contributed by atoms with E-state index in [1.807, 2.05) is 23.1 Å². The highest BCUT2D eigenvalue weighted by atomic mass is 16.5. The molecule has 2 atom stereocenters. The Balaban J connectivity index is 1.49. The van der Waals surface area contributed by atoms with Crippen LogP contribution in [0.25, 0.3) is 11.0 Å². The van der Waals surface area contributed by atoms with Crippen LogP contribution in [0.15, 0.2) is 24.3 Å². The monoisotopic (exact) mass is 383 g/mol. The number of methoxy groups -OCH3 is 1. The SMILES string of the molecule is CCc1nc2ccccc2n1CCC(=O)N1C[C@@H]2C(C)(C)C[C@]2(C(=O)OC)C1. The van der Waals surface area contributed by atoms with Crippen LogP contribution in [0.2, 0.25) is 0 Å². The van der Waals surface area contributed by atoms with E-state index < -0.39 is 5.41 Å². The fourth-order valence-corrected chi connectivity index (χ4v) is 5.57. The standard InChI is InChI=1S/C22H29N3O3/c1-5-18-23-15-8-6-7-9-16(15)25(18)11-10-19(26)24-12-17-21(2,3)13-22(17,14-24)20(27)28-4/h6-9,17H,5,10-14H2,1-4H3/t17-,22+/m1/s1. The zero-order valence-corrected chi connectivity index (χ0v) is 17.2. The van der Waals surface area contributed by atoms with E-state index in [1.54, 1.807) is 0 Å². The minimum absolute atomic E-state index is 0.0686. The van der Waals surface area contributed by atoms with E-state index >= 15 is 0 Å². The van der Waals surface area contributed by atoms with E-state index in [1.165, 1.54) is 7.11 Å². The van der Waals surface area contributed by atoms with Gasteiger partial charge in [0, 0.05) is 32.5 Å². The number of amides is 1. The number of carbonyl (C=O) groups is 2. The Morgan fingerprint density at radius 2 is 2.04 bits per heavy atom. The maximum absolute atomic E-state index is 13.0. The Labute approximate surface area is 165 Å². The van der Waals surface area contributed by atoms with Crippen molar-refractivity contribution < 1.29 is 14.3 Å². The summed E-state index contributed by atoms with van der Waals surface area (Å²) in [5.74, 6) is 1.12. The Kier molecular flexibility index (Phi) is 4.47. The second-order valence-electron chi connectivity index (χ2n) is 8.91. The number of aryl methyl sites for hydroxylation is 2. The molecule has 1 amide bonds. The quantitative estimate of drug-likeness (QED) is 0.745. The number of carbonyl (C=O) groups excluding carboxylic acids is 2. The van der Waals surface area contributed by atoms with Gasteiger partial charge in [-0.05, 0) is 29.9 Å². The zero-order chi connectivity index (χ0) is 20.1. The molecule has 1 aromatic heterocycles. The van der Waals surface area contributed by atoms with Crippen LogP contribution in [0, 0.1) is 16.7 Å². The molecule has 0 radical (unpaired) electrons. The summed E-state index contributed by atoms with van der Waals surface area (Å²) >= 11 is 0. The average molecular weight is 383 g/mol. The lowest BCUT2D eigenvalue weighted by atomic mass is 9.48. The summed E-state index contributed by atoms with van der Waals surface area (Å²) in [6, 6.07) is 8.05. The smallest absolute Gasteiger partial charge is 0.314 e. The van der Waals surface area contributed by atoms with Gasteiger partial charge in [-0.3, -0.25) is 9.59 Å². The first-order chi connectivity index (χ1) is 13.3. The minimum Gasteiger partial charge on any atom is -0.469 e. The molecular formula is C22H29N3O3. The second kappa shape index (κ2) is 6.61. The van der Waals surface area contributed by atoms with Crippen molar-refractivity contribution >= 4 is 22.9 Å². The number of fused-ring (bicyclic) bond motifs is 2. The van der Waals surface area contributed by atoms with Crippen LogP contribution in [0.1, 0.15) is 39.4 Å². The fraction of sp³-hybridized carbons (Fsp3) is 0.591. The van der Waals surface area contributed by atoms with Gasteiger partial charge in [0.2, 0.25) is 5.91 Å². The number of nitrogens with zero attached hydrogens (tertiary/aromatic N) is 3. The molecule has 1 aromatic carbocycles. The summed E-state index contributed by atoms with van der Waals surface area (Å²) in [5, 5.41) is 0. The van der Waals surface area contributed by atoms with E-state index in [4.69, 9.17) is 4.74 Å². The van der Waals surface area contributed by atoms with E-state index in [0.717, 1.165) is 29.7 Å². The van der Waals surface area contributed by atoms with E-state index in [9.17, 15) is 9.59 Å². The van der Waals surface area contributed by atoms with Crippen molar-refractivity contribution in [1.29, 1.82) is 0 Å². The molecule has 150 valence electrons. The van der Waals surface area contributed by atoms with Crippen molar-refractivity contribution in [3.8, 4) is 0 Å². The van der Waals surface area contributed by atoms with Gasteiger partial charge in [-0.15, -0.1) is 0 Å². The van der Waals surface area contributed by atoms with E-state index in [-0.39, 0.29) is 23.2 Å². The molecule has 0 bridgehead atoms. The molecule has 0 unspecified atom stereocenters. The van der Waals surface area contributed by atoms with Crippen LogP contribution >= 0.6 is 0 Å². The highest BCUT2D eigenvalue weighted by molar-refractivity contribution is 5.83. The van der Waals surface area contributed by atoms with Crippen molar-refractivity contribution in [2.24, 2.45) is 16.7 Å². The molecule has 28 heavy (non-hydrogen) atoms. The molecule has 2 fully saturated rings. The highest BCUT2D eigenvalue weighted by Gasteiger charge is 2.67. The normalized spacial score (nSPS) is 25.4. The maximum Gasteiger partial charge on any atom is 0.314 e. The Bertz CT molecular complexity index is 932. The summed E-state index contributed by atoms with van der Waals surface area (Å²) in [5.41, 5.74) is 1.60. The van der Waals surface area contributed by atoms with Gasteiger partial charge < -0.3 is 14.2 Å². The van der Waals surface area contributed by atoms with Gasteiger partial charge >= 0.3 is 5.97 Å². The molecule has 2 heterocycles. The lowest BCUT2D eigenvalue weighted by Crippen LogP contribution is -2.57. The topological polar surface area (TPSA) is 64.4 Å². The predicted octanol–water partition coefficient (Wildman–Crippen LogP) is 3.04. The molecule has 1 aliphatic carbocycles. The number of ether oxygens (including phenoxy) is 1. The van der Waals surface area contributed by atoms with Crippen LogP contribution in [-0.2, 0) is 27.3 Å². The van der Waals surface area contributed by atoms with Crippen LogP contribution in [0.5, 0.6) is 0 Å². The molecular weight excluding hydrogens is 354 g/mol. The summed E-state index contributed by atoms with van der Waals surface area (Å²) < 4.78 is 7.24. The van der Waals surface area contributed by atoms with Gasteiger partial charge in [-0.2, -0.15) is 0 Å². The van der Waals surface area contributed by atoms with Crippen LogP contribution < -0.4 is 0 Å². The van der Waals surface area contributed by atoms with Crippen LogP contribution in [0.3, 0.4) is 0 Å². The third kappa shape index (κ3) is 2.73. The molecule has 6 nitrogen and oxygen atoms in total. The number of hydrogen-bond acceptors (Lipinski definition) is 4. The number of hydrogen-bond donors (Lipinski definition) is 0. The summed E-state index contributed by atoms with van der Waals surface area (Å²) in [7, 11) is 1.44. The summed E-state index contributed by atoms with van der Waals surface area (Å²) in [4.78, 5) is 32.0. The molecule has 1 saturated carbocycles. The predicted molar refractivity (Wildman–Crippen MR) is 107 cm³/mol. The largest absolute Gasteiger partial charge is 0.469 e. The van der Waals surface area contributed by atoms with Crippen molar-refractivity contribution in [3.05, 3.63) is 30.1 Å². The zero-order valence-electron chi connectivity index (χ0n) is 17.2. The van der Waals surface area contributed by atoms with E-state index in [2.05, 4.69) is 36.4 Å². The van der Waals surface area contributed by atoms with Crippen LogP contribution in [0.4, 0.5) is 0 Å². The first-order valence-corrected chi connectivity index (χ1v) is 10.1. The molecule has 2 aromatic rings. The van der Waals surface area contributed by atoms with Crippen molar-refractivity contribution in [3.63, 3.8) is 0 Å². The Hall–Kier alpha value is -2.37. The molecule has 6 heteroatoms. The molecule has 0 N–H and O–H groups in total. The molecule has 1 aliphatic heterocycles. The molecule has 4 rings (SSSR count). The number of rotatable bonds is 5. The number of benzene rings is 1. The Morgan fingerprint density at radius 1 is 1.29 bits per heavy atom. The third-order valence-corrected chi connectivity index (χ3v) is 6.80. The number of imidazole rings is 1. The van der Waals surface area contributed by atoms with Gasteiger partial charge in [0.05, 0.1) is 23.6 Å². The Morgan fingerprint density at radius 3 is 2.71 bits per heavy atom. The second-order valence-corrected chi connectivity index (χ2v) is 8.91. The van der Waals surface area contributed by atoms with Crippen LogP contribution in [-0.4, -0.2) is 46.5 Å². The molecule has 0 spiro atoms.